The molecule has 0 aliphatic carbocycles. The number of tetrazole rings is 1. The van der Waals surface area contributed by atoms with Gasteiger partial charge in [-0.15, -0.1) is 10.2 Å². The number of nitrogens with zero attached hydrogens (tertiary/aromatic N) is 3. The first-order valence-electron chi connectivity index (χ1n) is 3.78. The van der Waals surface area contributed by atoms with Gasteiger partial charge in [0.1, 0.15) is 0 Å². The van der Waals surface area contributed by atoms with Crippen molar-refractivity contribution in [1.82, 2.24) is 25.9 Å². The smallest absolute Gasteiger partial charge is 0.178 e. The molecule has 0 saturated carbocycles. The van der Waals surface area contributed by atoms with Gasteiger partial charge in [0.25, 0.3) is 0 Å². The molecule has 0 aliphatic heterocycles. The summed E-state index contributed by atoms with van der Waals surface area (Å²) in [6.45, 7) is 6.01. The number of hydrogen-bond donors (Lipinski definition) is 2. The van der Waals surface area contributed by atoms with Crippen LogP contribution in [0.2, 0.25) is 0 Å². The second kappa shape index (κ2) is 4.02. The van der Waals surface area contributed by atoms with Crippen LogP contribution in [0.3, 0.4) is 0 Å². The maximum Gasteiger partial charge on any atom is 0.178 e. The van der Waals surface area contributed by atoms with Gasteiger partial charge in [-0.25, -0.2) is 0 Å². The number of nitrogens with one attached hydrogen (secondary N) is 2. The zero-order chi connectivity index (χ0) is 8.10. The van der Waals surface area contributed by atoms with Crippen molar-refractivity contribution in [1.29, 1.82) is 0 Å². The molecule has 1 atom stereocenters. The molecule has 1 heterocycles. The minimum atomic E-state index is 0.327. The van der Waals surface area contributed by atoms with Gasteiger partial charge >= 0.3 is 0 Å². The number of hydrogen-bond acceptors (Lipinski definition) is 4. The fourth-order valence-electron chi connectivity index (χ4n) is 0.830. The largest absolute Gasteiger partial charge is 0.316 e. The van der Waals surface area contributed by atoms with Crippen molar-refractivity contribution in [2.24, 2.45) is 0 Å². The lowest BCUT2D eigenvalue weighted by molar-refractivity contribution is 0.609. The van der Waals surface area contributed by atoms with Gasteiger partial charge in [0, 0.05) is 12.5 Å². The Morgan fingerprint density at radius 1 is 1.64 bits per heavy atom. The highest BCUT2D eigenvalue weighted by Crippen LogP contribution is 2.04. The van der Waals surface area contributed by atoms with E-state index >= 15 is 0 Å². The van der Waals surface area contributed by atoms with Gasteiger partial charge in [-0.2, -0.15) is 5.21 Å². The Bertz CT molecular complexity index is 183. The van der Waals surface area contributed by atoms with E-state index in [1.54, 1.807) is 0 Å². The van der Waals surface area contributed by atoms with Crippen LogP contribution < -0.4 is 5.32 Å². The molecule has 1 rings (SSSR count). The third-order valence-electron chi connectivity index (χ3n) is 1.50. The maximum absolute atomic E-state index is 3.88. The topological polar surface area (TPSA) is 66.5 Å². The van der Waals surface area contributed by atoms with Crippen molar-refractivity contribution in [2.45, 2.75) is 19.8 Å². The lowest BCUT2D eigenvalue weighted by Crippen LogP contribution is -2.20. The van der Waals surface area contributed by atoms with E-state index in [0.29, 0.717) is 5.92 Å². The molecule has 62 valence electrons. The summed E-state index contributed by atoms with van der Waals surface area (Å²) >= 11 is 0. The minimum Gasteiger partial charge on any atom is -0.316 e. The van der Waals surface area contributed by atoms with Crippen LogP contribution in [0, 0.1) is 0 Å². The molecular weight excluding hydrogens is 142 g/mol. The first-order chi connectivity index (χ1) is 5.34. The third-order valence-corrected chi connectivity index (χ3v) is 1.50. The molecule has 0 saturated heterocycles. The first-order valence-corrected chi connectivity index (χ1v) is 3.78. The highest BCUT2D eigenvalue weighted by Gasteiger charge is 2.08. The summed E-state index contributed by atoms with van der Waals surface area (Å²) in [5.74, 6) is 1.10. The van der Waals surface area contributed by atoms with Gasteiger partial charge in [0.15, 0.2) is 5.82 Å². The zero-order valence-corrected chi connectivity index (χ0v) is 6.83. The number of aromatic amines is 1. The fraction of sp³-hybridized carbons (Fsp3) is 0.833. The Labute approximate surface area is 65.6 Å². The molecule has 0 fully saturated rings. The van der Waals surface area contributed by atoms with Crippen molar-refractivity contribution in [3.63, 3.8) is 0 Å². The van der Waals surface area contributed by atoms with Crippen LogP contribution in [0.25, 0.3) is 0 Å². The van der Waals surface area contributed by atoms with Crippen LogP contribution in [0.5, 0.6) is 0 Å². The summed E-state index contributed by atoms with van der Waals surface area (Å²) in [7, 11) is 0. The fourth-order valence-corrected chi connectivity index (χ4v) is 0.830. The Hall–Kier alpha value is -0.970. The van der Waals surface area contributed by atoms with Crippen LogP contribution in [0.15, 0.2) is 0 Å². The lowest BCUT2D eigenvalue weighted by Gasteiger charge is -2.05. The number of aromatic nitrogens is 4. The second-order valence-corrected chi connectivity index (χ2v) is 2.48. The van der Waals surface area contributed by atoms with Crippen LogP contribution in [-0.2, 0) is 0 Å². The minimum absolute atomic E-state index is 0.327. The average Bonchev–Trinajstić information content (AvgIpc) is 2.52. The van der Waals surface area contributed by atoms with Gasteiger partial charge in [-0.3, -0.25) is 0 Å². The molecule has 0 amide bonds. The Balaban J connectivity index is 2.36. The van der Waals surface area contributed by atoms with Gasteiger partial charge in [0.2, 0.25) is 0 Å². The Kier molecular flexibility index (Phi) is 2.97. The molecule has 5 heteroatoms. The van der Waals surface area contributed by atoms with Crippen LogP contribution in [0.1, 0.15) is 25.6 Å². The summed E-state index contributed by atoms with van der Waals surface area (Å²) in [6, 6.07) is 0. The Morgan fingerprint density at radius 3 is 3.00 bits per heavy atom. The monoisotopic (exact) mass is 155 g/mol. The van der Waals surface area contributed by atoms with E-state index in [4.69, 9.17) is 0 Å². The van der Waals surface area contributed by atoms with Crippen molar-refractivity contribution in [2.75, 3.05) is 13.1 Å². The maximum atomic E-state index is 3.88. The molecule has 0 radical (unpaired) electrons. The van der Waals surface area contributed by atoms with Crippen molar-refractivity contribution < 1.29 is 0 Å². The average molecular weight is 155 g/mol. The summed E-state index contributed by atoms with van der Waals surface area (Å²) < 4.78 is 0. The summed E-state index contributed by atoms with van der Waals surface area (Å²) in [5, 5.41) is 16.9. The van der Waals surface area contributed by atoms with Gasteiger partial charge in [-0.05, 0) is 6.54 Å². The number of likely N-dealkylation sites (N-methyl/N-ethyl adjacent to an activating group) is 1. The van der Waals surface area contributed by atoms with Crippen molar-refractivity contribution in [3.05, 3.63) is 5.82 Å². The van der Waals surface area contributed by atoms with Crippen LogP contribution >= 0.6 is 0 Å². The first kappa shape index (κ1) is 8.13. The van der Waals surface area contributed by atoms with Crippen LogP contribution in [-0.4, -0.2) is 33.7 Å². The van der Waals surface area contributed by atoms with E-state index in [2.05, 4.69) is 39.8 Å². The normalized spacial score (nSPS) is 13.3. The molecule has 1 aromatic heterocycles. The predicted octanol–water partition coefficient (Wildman–Crippen LogP) is -0.0873. The van der Waals surface area contributed by atoms with E-state index < -0.39 is 0 Å². The summed E-state index contributed by atoms with van der Waals surface area (Å²) in [6.07, 6.45) is 0. The predicted molar refractivity (Wildman–Crippen MR) is 41.1 cm³/mol. The van der Waals surface area contributed by atoms with Gasteiger partial charge in [0.05, 0.1) is 0 Å². The highest BCUT2D eigenvalue weighted by atomic mass is 15.5. The quantitative estimate of drug-likeness (QED) is 0.638. The highest BCUT2D eigenvalue weighted by molar-refractivity contribution is 4.88. The van der Waals surface area contributed by atoms with Gasteiger partial charge < -0.3 is 5.32 Å². The molecular formula is C6H13N5. The third kappa shape index (κ3) is 2.27. The molecule has 11 heavy (non-hydrogen) atoms. The zero-order valence-electron chi connectivity index (χ0n) is 6.83. The molecule has 0 aromatic carbocycles. The molecule has 2 N–H and O–H groups in total. The van der Waals surface area contributed by atoms with Crippen molar-refractivity contribution >= 4 is 0 Å². The molecule has 0 aliphatic rings. The Morgan fingerprint density at radius 2 is 2.45 bits per heavy atom. The van der Waals surface area contributed by atoms with E-state index in [1.165, 1.54) is 0 Å². The van der Waals surface area contributed by atoms with E-state index in [0.717, 1.165) is 18.9 Å². The molecule has 0 spiro atoms. The summed E-state index contributed by atoms with van der Waals surface area (Å²) in [4.78, 5) is 0. The summed E-state index contributed by atoms with van der Waals surface area (Å²) in [5.41, 5.74) is 0. The molecule has 1 unspecified atom stereocenters. The SMILES string of the molecule is CCNCC(C)c1nn[nH]n1. The number of rotatable bonds is 4. The number of H-pyrrole nitrogens is 1. The standard InChI is InChI=1S/C6H13N5/c1-3-7-4-5(2)6-8-10-11-9-6/h5,7H,3-4H2,1-2H3,(H,8,9,10,11). The van der Waals surface area contributed by atoms with E-state index in [1.807, 2.05) is 0 Å². The van der Waals surface area contributed by atoms with E-state index in [9.17, 15) is 0 Å². The van der Waals surface area contributed by atoms with Crippen molar-refractivity contribution in [3.8, 4) is 0 Å². The second-order valence-electron chi connectivity index (χ2n) is 2.48. The van der Waals surface area contributed by atoms with Crippen LogP contribution in [0.4, 0.5) is 0 Å². The molecule has 1 aromatic rings. The van der Waals surface area contributed by atoms with E-state index in [-0.39, 0.29) is 0 Å². The molecule has 0 bridgehead atoms. The van der Waals surface area contributed by atoms with Gasteiger partial charge in [-0.1, -0.05) is 19.1 Å². The lowest BCUT2D eigenvalue weighted by atomic mass is 10.2. The molecule has 5 nitrogen and oxygen atoms in total.